The van der Waals surface area contributed by atoms with Gasteiger partial charge >= 0.3 is 5.97 Å². The first kappa shape index (κ1) is 18.8. The van der Waals surface area contributed by atoms with Crippen LogP contribution in [0.2, 0.25) is 0 Å². The Morgan fingerprint density at radius 1 is 1.24 bits per heavy atom. The molecule has 1 saturated heterocycles. The number of carbonyl (C=O) groups excluding carboxylic acids is 3. The van der Waals surface area contributed by atoms with Crippen molar-refractivity contribution in [2.45, 2.75) is 32.9 Å². The molecule has 21 heavy (non-hydrogen) atoms. The Kier molecular flexibility index (Phi) is 7.91. The number of hydrogen-bond donors (Lipinski definition) is 5. The number of thiocarbonyl (C=S) groups is 1. The zero-order valence-corrected chi connectivity index (χ0v) is 12.7. The van der Waals surface area contributed by atoms with Gasteiger partial charge in [0.1, 0.15) is 12.1 Å². The van der Waals surface area contributed by atoms with Crippen LogP contribution in [0.3, 0.4) is 0 Å². The maximum Gasteiger partial charge on any atom is 0.325 e. The van der Waals surface area contributed by atoms with Crippen LogP contribution >= 0.6 is 12.2 Å². The molecule has 118 valence electrons. The minimum atomic E-state index is -1.12. The fourth-order valence-electron chi connectivity index (χ4n) is 1.15. The van der Waals surface area contributed by atoms with Gasteiger partial charge in [-0.25, -0.2) is 0 Å². The Balaban J connectivity index is 0.000000471. The van der Waals surface area contributed by atoms with E-state index in [0.717, 1.165) is 0 Å². The number of hydrogen-bond acceptors (Lipinski definition) is 5. The monoisotopic (exact) mass is 318 g/mol. The van der Waals surface area contributed by atoms with Crippen LogP contribution in [0.5, 0.6) is 0 Å². The Labute approximate surface area is 126 Å². The van der Waals surface area contributed by atoms with E-state index in [0.29, 0.717) is 11.7 Å². The van der Waals surface area contributed by atoms with Crippen molar-refractivity contribution in [3.63, 3.8) is 0 Å². The highest BCUT2D eigenvalue weighted by Gasteiger charge is 2.19. The van der Waals surface area contributed by atoms with E-state index in [1.807, 2.05) is 0 Å². The first-order valence-corrected chi connectivity index (χ1v) is 6.42. The van der Waals surface area contributed by atoms with Crippen molar-refractivity contribution in [3.05, 3.63) is 0 Å². The summed E-state index contributed by atoms with van der Waals surface area (Å²) in [4.78, 5) is 42.3. The summed E-state index contributed by atoms with van der Waals surface area (Å²) >= 11 is 4.55. The summed E-state index contributed by atoms with van der Waals surface area (Å²) in [5.74, 6) is -2.02. The lowest BCUT2D eigenvalue weighted by Crippen LogP contribution is -2.48. The molecule has 0 aromatic heterocycles. The lowest BCUT2D eigenvalue weighted by molar-refractivity contribution is -0.141. The molecule has 0 aromatic rings. The van der Waals surface area contributed by atoms with E-state index >= 15 is 0 Å². The number of aliphatic carboxylic acids is 1. The van der Waals surface area contributed by atoms with Gasteiger partial charge in [0, 0.05) is 6.92 Å². The molecule has 0 aliphatic carbocycles. The first-order chi connectivity index (χ1) is 9.63. The predicted molar refractivity (Wildman–Crippen MR) is 77.3 cm³/mol. The molecule has 2 atom stereocenters. The standard InChI is InChI=1S/C8H14N2O4.C3H4N2OS/c1-4(9-6(3)11)7(12)10-5(2)8(13)14;6-2-1-4-3(7)5-2/h4-5H,1-3H3,(H,9,11)(H,10,12)(H,13,14);1H2,(H2,4,5,6,7). The van der Waals surface area contributed by atoms with Crippen molar-refractivity contribution in [2.75, 3.05) is 6.54 Å². The van der Waals surface area contributed by atoms with Gasteiger partial charge < -0.3 is 26.4 Å². The van der Waals surface area contributed by atoms with Crippen molar-refractivity contribution >= 4 is 41.0 Å². The highest BCUT2D eigenvalue weighted by molar-refractivity contribution is 7.80. The van der Waals surface area contributed by atoms with Crippen molar-refractivity contribution in [3.8, 4) is 0 Å². The van der Waals surface area contributed by atoms with Gasteiger partial charge in [-0.2, -0.15) is 0 Å². The number of rotatable bonds is 4. The molecule has 1 heterocycles. The van der Waals surface area contributed by atoms with Gasteiger partial charge in [0.15, 0.2) is 5.11 Å². The van der Waals surface area contributed by atoms with E-state index in [1.54, 1.807) is 0 Å². The minimum Gasteiger partial charge on any atom is -0.480 e. The van der Waals surface area contributed by atoms with Crippen molar-refractivity contribution in [1.29, 1.82) is 0 Å². The fraction of sp³-hybridized carbons (Fsp3) is 0.545. The van der Waals surface area contributed by atoms with Crippen LogP contribution in [0.1, 0.15) is 20.8 Å². The van der Waals surface area contributed by atoms with Crippen molar-refractivity contribution in [2.24, 2.45) is 0 Å². The number of nitrogens with one attached hydrogen (secondary N) is 4. The van der Waals surface area contributed by atoms with E-state index in [2.05, 4.69) is 33.5 Å². The van der Waals surface area contributed by atoms with Crippen LogP contribution in [0.25, 0.3) is 0 Å². The first-order valence-electron chi connectivity index (χ1n) is 6.01. The van der Waals surface area contributed by atoms with E-state index < -0.39 is 24.0 Å². The smallest absolute Gasteiger partial charge is 0.325 e. The summed E-state index contributed by atoms with van der Waals surface area (Å²) < 4.78 is 0. The normalized spacial score (nSPS) is 15.6. The highest BCUT2D eigenvalue weighted by atomic mass is 32.1. The fourth-order valence-corrected chi connectivity index (χ4v) is 1.33. The molecule has 10 heteroatoms. The number of carboxylic acid groups (broad SMARTS) is 1. The lowest BCUT2D eigenvalue weighted by Gasteiger charge is -2.14. The molecule has 1 aliphatic heterocycles. The van der Waals surface area contributed by atoms with Crippen molar-refractivity contribution in [1.82, 2.24) is 21.3 Å². The van der Waals surface area contributed by atoms with Crippen LogP contribution < -0.4 is 21.3 Å². The topological polar surface area (TPSA) is 137 Å². The lowest BCUT2D eigenvalue weighted by atomic mass is 10.2. The number of carboxylic acids is 1. The summed E-state index contributed by atoms with van der Waals surface area (Å²) in [6.07, 6.45) is 0. The van der Waals surface area contributed by atoms with Crippen molar-refractivity contribution < 1.29 is 24.3 Å². The molecule has 5 N–H and O–H groups in total. The SMILES string of the molecule is CC(=O)NC(C)C(=O)NC(C)C(=O)O.O=C1CNC(=S)N1. The second-order valence-electron chi connectivity index (χ2n) is 4.22. The third-order valence-electron chi connectivity index (χ3n) is 2.20. The largest absolute Gasteiger partial charge is 0.480 e. The molecular weight excluding hydrogens is 300 g/mol. The molecule has 3 amide bonds. The molecule has 1 aliphatic rings. The van der Waals surface area contributed by atoms with Gasteiger partial charge in [-0.15, -0.1) is 0 Å². The number of carbonyl (C=O) groups is 4. The maximum atomic E-state index is 11.2. The summed E-state index contributed by atoms with van der Waals surface area (Å²) in [6, 6.07) is -1.69. The number of amides is 3. The van der Waals surface area contributed by atoms with E-state index in [1.165, 1.54) is 20.8 Å². The summed E-state index contributed by atoms with van der Waals surface area (Å²) in [6.45, 7) is 4.44. The summed E-state index contributed by atoms with van der Waals surface area (Å²) in [5, 5.41) is 18.5. The van der Waals surface area contributed by atoms with Crippen LogP contribution in [0.15, 0.2) is 0 Å². The quantitative estimate of drug-likeness (QED) is 0.381. The van der Waals surface area contributed by atoms with Gasteiger partial charge in [-0.3, -0.25) is 19.2 Å². The molecule has 0 saturated carbocycles. The predicted octanol–water partition coefficient (Wildman–Crippen LogP) is -1.91. The third-order valence-corrected chi connectivity index (χ3v) is 2.45. The van der Waals surface area contributed by atoms with Crippen LogP contribution in [-0.4, -0.2) is 52.5 Å². The van der Waals surface area contributed by atoms with Gasteiger partial charge in [0.05, 0.1) is 6.54 Å². The van der Waals surface area contributed by atoms with E-state index in [4.69, 9.17) is 5.11 Å². The van der Waals surface area contributed by atoms with Gasteiger partial charge in [0.25, 0.3) is 0 Å². The second-order valence-corrected chi connectivity index (χ2v) is 4.63. The van der Waals surface area contributed by atoms with E-state index in [9.17, 15) is 19.2 Å². The molecule has 1 fully saturated rings. The molecule has 0 radical (unpaired) electrons. The van der Waals surface area contributed by atoms with Crippen LogP contribution in [0, 0.1) is 0 Å². The van der Waals surface area contributed by atoms with E-state index in [-0.39, 0.29) is 11.8 Å². The molecule has 0 aromatic carbocycles. The summed E-state index contributed by atoms with van der Waals surface area (Å²) in [5.41, 5.74) is 0. The average Bonchev–Trinajstić information content (AvgIpc) is 2.72. The zero-order valence-electron chi connectivity index (χ0n) is 11.9. The Morgan fingerprint density at radius 3 is 2.10 bits per heavy atom. The molecule has 0 spiro atoms. The Hall–Kier alpha value is -2.23. The average molecular weight is 318 g/mol. The summed E-state index contributed by atoms with van der Waals surface area (Å²) in [7, 11) is 0. The molecule has 1 rings (SSSR count). The molecule has 0 bridgehead atoms. The second kappa shape index (κ2) is 8.84. The van der Waals surface area contributed by atoms with Crippen LogP contribution in [-0.2, 0) is 19.2 Å². The maximum absolute atomic E-state index is 11.2. The van der Waals surface area contributed by atoms with Gasteiger partial charge in [-0.1, -0.05) is 0 Å². The van der Waals surface area contributed by atoms with Gasteiger partial charge in [-0.05, 0) is 26.1 Å². The third kappa shape index (κ3) is 8.52. The minimum absolute atomic E-state index is 0.0509. The Morgan fingerprint density at radius 2 is 1.81 bits per heavy atom. The zero-order chi connectivity index (χ0) is 16.6. The molecule has 9 nitrogen and oxygen atoms in total. The Bertz CT molecular complexity index is 440. The molecule has 2 unspecified atom stereocenters. The van der Waals surface area contributed by atoms with Gasteiger partial charge in [0.2, 0.25) is 17.7 Å². The highest BCUT2D eigenvalue weighted by Crippen LogP contribution is 1.86. The molecular formula is C11H18N4O5S. The van der Waals surface area contributed by atoms with Crippen LogP contribution in [0.4, 0.5) is 0 Å².